The van der Waals surface area contributed by atoms with E-state index in [4.69, 9.17) is 4.74 Å². The third-order valence-corrected chi connectivity index (χ3v) is 6.16. The van der Waals surface area contributed by atoms with Crippen molar-refractivity contribution in [3.05, 3.63) is 60.2 Å². The van der Waals surface area contributed by atoms with Crippen LogP contribution in [0.3, 0.4) is 0 Å². The van der Waals surface area contributed by atoms with Gasteiger partial charge in [0.05, 0.1) is 12.0 Å². The molecule has 126 valence electrons. The van der Waals surface area contributed by atoms with Crippen LogP contribution in [0.5, 0.6) is 5.75 Å². The molecule has 1 fully saturated rings. The molecule has 1 atom stereocenters. The highest BCUT2D eigenvalue weighted by Crippen LogP contribution is 2.27. The van der Waals surface area contributed by atoms with Crippen LogP contribution >= 0.6 is 0 Å². The summed E-state index contributed by atoms with van der Waals surface area (Å²) in [4.78, 5) is 12.9. The van der Waals surface area contributed by atoms with Crippen LogP contribution in [-0.2, 0) is 10.0 Å². The Kier molecular flexibility index (Phi) is 4.69. The van der Waals surface area contributed by atoms with Gasteiger partial charge in [0, 0.05) is 24.6 Å². The molecule has 0 spiro atoms. The lowest BCUT2D eigenvalue weighted by molar-refractivity contribution is 0.0927. The fraction of sp³-hybridized carbons (Fsp3) is 0.278. The molecule has 0 saturated carbocycles. The van der Waals surface area contributed by atoms with E-state index in [9.17, 15) is 13.2 Å². The number of hydrogen-bond acceptors (Lipinski definition) is 4. The number of ketones is 1. The van der Waals surface area contributed by atoms with Crippen molar-refractivity contribution >= 4 is 15.8 Å². The van der Waals surface area contributed by atoms with Crippen LogP contribution in [0.4, 0.5) is 0 Å². The summed E-state index contributed by atoms with van der Waals surface area (Å²) in [7, 11) is -1.97. The van der Waals surface area contributed by atoms with Crippen molar-refractivity contribution in [2.45, 2.75) is 11.3 Å². The van der Waals surface area contributed by atoms with Crippen LogP contribution in [0.15, 0.2) is 59.5 Å². The molecule has 0 N–H and O–H groups in total. The van der Waals surface area contributed by atoms with Crippen molar-refractivity contribution < 1.29 is 17.9 Å². The van der Waals surface area contributed by atoms with Gasteiger partial charge >= 0.3 is 0 Å². The number of benzene rings is 2. The molecule has 0 radical (unpaired) electrons. The number of ether oxygens (including phenoxy) is 1. The number of rotatable bonds is 5. The van der Waals surface area contributed by atoms with E-state index in [0.29, 0.717) is 24.3 Å². The molecule has 0 amide bonds. The molecule has 5 nitrogen and oxygen atoms in total. The average molecular weight is 345 g/mol. The molecular formula is C18H19NO4S. The Hall–Kier alpha value is -2.18. The number of carbonyl (C=O) groups is 1. The second-order valence-corrected chi connectivity index (χ2v) is 7.69. The molecule has 0 aromatic heterocycles. The minimum absolute atomic E-state index is 0.0246. The van der Waals surface area contributed by atoms with Crippen molar-refractivity contribution in [1.29, 1.82) is 0 Å². The van der Waals surface area contributed by atoms with E-state index in [1.165, 1.54) is 4.31 Å². The molecule has 2 aromatic carbocycles. The zero-order valence-electron chi connectivity index (χ0n) is 13.4. The number of Topliss-reactive ketones (excluding diaryl/α,β-unsaturated/α-hetero) is 1. The Labute approximate surface area is 141 Å². The molecule has 0 bridgehead atoms. The monoisotopic (exact) mass is 345 g/mol. The van der Waals surface area contributed by atoms with Crippen molar-refractivity contribution in [1.82, 2.24) is 4.31 Å². The Bertz CT molecular complexity index is 816. The van der Waals surface area contributed by atoms with Gasteiger partial charge in [-0.15, -0.1) is 0 Å². The lowest BCUT2D eigenvalue weighted by atomic mass is 9.97. The van der Waals surface area contributed by atoms with Crippen molar-refractivity contribution in [2.24, 2.45) is 5.92 Å². The van der Waals surface area contributed by atoms with E-state index in [-0.39, 0.29) is 23.1 Å². The molecule has 0 aliphatic carbocycles. The zero-order valence-corrected chi connectivity index (χ0v) is 14.2. The second-order valence-electron chi connectivity index (χ2n) is 5.75. The average Bonchev–Trinajstić information content (AvgIpc) is 3.13. The van der Waals surface area contributed by atoms with Crippen molar-refractivity contribution in [3.8, 4) is 5.75 Å². The maximum Gasteiger partial charge on any atom is 0.243 e. The first-order valence-electron chi connectivity index (χ1n) is 7.76. The summed E-state index contributed by atoms with van der Waals surface area (Å²) in [5.41, 5.74) is 0.583. The van der Waals surface area contributed by atoms with Crippen LogP contribution < -0.4 is 4.74 Å². The molecule has 24 heavy (non-hydrogen) atoms. The van der Waals surface area contributed by atoms with Crippen LogP contribution in [0.2, 0.25) is 0 Å². The quantitative estimate of drug-likeness (QED) is 0.782. The van der Waals surface area contributed by atoms with E-state index < -0.39 is 10.0 Å². The minimum Gasteiger partial charge on any atom is -0.497 e. The highest BCUT2D eigenvalue weighted by atomic mass is 32.2. The summed E-state index contributed by atoms with van der Waals surface area (Å²) in [5.74, 6) is 0.353. The van der Waals surface area contributed by atoms with E-state index >= 15 is 0 Å². The highest BCUT2D eigenvalue weighted by Gasteiger charge is 2.35. The van der Waals surface area contributed by atoms with E-state index in [0.717, 1.165) is 0 Å². The second kappa shape index (κ2) is 6.75. The summed E-state index contributed by atoms with van der Waals surface area (Å²) in [5, 5.41) is 0. The summed E-state index contributed by atoms with van der Waals surface area (Å²) in [6, 6.07) is 15.2. The number of nitrogens with zero attached hydrogens (tertiary/aromatic N) is 1. The molecule has 2 aromatic rings. The van der Waals surface area contributed by atoms with Gasteiger partial charge in [0.2, 0.25) is 10.0 Å². The number of hydrogen-bond donors (Lipinski definition) is 0. The molecule has 6 heteroatoms. The van der Waals surface area contributed by atoms with Crippen molar-refractivity contribution in [3.63, 3.8) is 0 Å². The van der Waals surface area contributed by atoms with Gasteiger partial charge in [-0.05, 0) is 42.8 Å². The molecule has 3 rings (SSSR count). The summed E-state index contributed by atoms with van der Waals surface area (Å²) < 4.78 is 31.7. The number of sulfonamides is 1. The van der Waals surface area contributed by atoms with Gasteiger partial charge in [0.1, 0.15) is 5.75 Å². The Balaban J connectivity index is 1.74. The summed E-state index contributed by atoms with van der Waals surface area (Å²) >= 11 is 0. The third-order valence-electron chi connectivity index (χ3n) is 4.28. The molecule has 1 aliphatic heterocycles. The molecule has 1 aliphatic rings. The Morgan fingerprint density at radius 1 is 1.08 bits per heavy atom. The van der Waals surface area contributed by atoms with Crippen LogP contribution in [0, 0.1) is 5.92 Å². The van der Waals surface area contributed by atoms with Gasteiger partial charge in [-0.25, -0.2) is 8.42 Å². The smallest absolute Gasteiger partial charge is 0.243 e. The normalized spacial score (nSPS) is 18.5. The fourth-order valence-corrected chi connectivity index (χ4v) is 4.41. The highest BCUT2D eigenvalue weighted by molar-refractivity contribution is 7.89. The number of methoxy groups -OCH3 is 1. The fourth-order valence-electron chi connectivity index (χ4n) is 2.89. The maximum absolute atomic E-state index is 12.6. The lowest BCUT2D eigenvalue weighted by Crippen LogP contribution is -2.30. The van der Waals surface area contributed by atoms with Gasteiger partial charge in [0.25, 0.3) is 0 Å². The summed E-state index contributed by atoms with van der Waals surface area (Å²) in [6.45, 7) is 0.589. The lowest BCUT2D eigenvalue weighted by Gasteiger charge is -2.16. The minimum atomic E-state index is -3.54. The SMILES string of the molecule is COc1ccc(C(=O)C2CCN(S(=O)(=O)c3ccccc3)C2)cc1. The number of carbonyl (C=O) groups excluding carboxylic acids is 1. The molecule has 1 unspecified atom stereocenters. The third kappa shape index (κ3) is 3.20. The first-order valence-corrected chi connectivity index (χ1v) is 9.20. The summed E-state index contributed by atoms with van der Waals surface area (Å²) in [6.07, 6.45) is 0.539. The maximum atomic E-state index is 12.6. The van der Waals surface area contributed by atoms with E-state index in [2.05, 4.69) is 0 Å². The van der Waals surface area contributed by atoms with E-state index in [1.54, 1.807) is 61.7 Å². The first kappa shape index (κ1) is 16.7. The predicted molar refractivity (Wildman–Crippen MR) is 90.6 cm³/mol. The Morgan fingerprint density at radius 2 is 1.75 bits per heavy atom. The molecule has 1 heterocycles. The zero-order chi connectivity index (χ0) is 17.2. The van der Waals surface area contributed by atoms with Gasteiger partial charge < -0.3 is 4.74 Å². The van der Waals surface area contributed by atoms with Crippen molar-refractivity contribution in [2.75, 3.05) is 20.2 Å². The van der Waals surface area contributed by atoms with Crippen LogP contribution in [0.25, 0.3) is 0 Å². The van der Waals surface area contributed by atoms with Gasteiger partial charge in [-0.3, -0.25) is 4.79 Å². The van der Waals surface area contributed by atoms with Gasteiger partial charge in [-0.1, -0.05) is 18.2 Å². The molecule has 1 saturated heterocycles. The largest absolute Gasteiger partial charge is 0.497 e. The topological polar surface area (TPSA) is 63.7 Å². The van der Waals surface area contributed by atoms with E-state index in [1.807, 2.05) is 0 Å². The molecular weight excluding hydrogens is 326 g/mol. The van der Waals surface area contributed by atoms with Crippen LogP contribution in [0.1, 0.15) is 16.8 Å². The predicted octanol–water partition coefficient (Wildman–Crippen LogP) is 2.59. The first-order chi connectivity index (χ1) is 11.5. The van der Waals surface area contributed by atoms with Crippen LogP contribution in [-0.4, -0.2) is 38.7 Å². The Morgan fingerprint density at radius 3 is 2.38 bits per heavy atom. The standard InChI is InChI=1S/C18H19NO4S/c1-23-16-9-7-14(8-10-16)18(20)15-11-12-19(13-15)24(21,22)17-5-3-2-4-6-17/h2-10,15H,11-13H2,1H3. The van der Waals surface area contributed by atoms with Gasteiger partial charge in [-0.2, -0.15) is 4.31 Å². The van der Waals surface area contributed by atoms with Gasteiger partial charge in [0.15, 0.2) is 5.78 Å².